The number of amides is 2. The van der Waals surface area contributed by atoms with Crippen LogP contribution in [0.25, 0.3) is 0 Å². The van der Waals surface area contributed by atoms with Gasteiger partial charge in [0, 0.05) is 91.6 Å². The van der Waals surface area contributed by atoms with E-state index in [0.29, 0.717) is 127 Å². The molecule has 0 saturated heterocycles. The number of carboxylic acid groups (broad SMARTS) is 2. The lowest BCUT2D eigenvalue weighted by Crippen LogP contribution is -2.35. The third kappa shape index (κ3) is 23.4. The van der Waals surface area contributed by atoms with Gasteiger partial charge in [-0.3, -0.25) is 9.59 Å². The minimum atomic E-state index is -4.81. The summed E-state index contributed by atoms with van der Waals surface area (Å²) in [6.07, 6.45) is -20.7. The van der Waals surface area contributed by atoms with Gasteiger partial charge in [0.2, 0.25) is 0 Å². The summed E-state index contributed by atoms with van der Waals surface area (Å²) in [7, 11) is 3.38. The molecule has 11 aromatic rings. The number of hydrogen-bond donors (Lipinski definition) is 5. The Hall–Kier alpha value is -14.4. The van der Waals surface area contributed by atoms with Gasteiger partial charge in [-0.1, -0.05) is 121 Å². The van der Waals surface area contributed by atoms with E-state index in [4.69, 9.17) is 5.11 Å². The van der Waals surface area contributed by atoms with Crippen molar-refractivity contribution in [3.8, 4) is 0 Å². The highest BCUT2D eigenvalue weighted by atomic mass is 19.4. The van der Waals surface area contributed by atoms with Gasteiger partial charge in [0.15, 0.2) is 28.5 Å². The highest BCUT2D eigenvalue weighted by Crippen LogP contribution is 2.45. The van der Waals surface area contributed by atoms with E-state index in [1.54, 1.807) is 45.6 Å². The van der Waals surface area contributed by atoms with Crippen LogP contribution in [0.2, 0.25) is 0 Å². The predicted octanol–water partition coefficient (Wildman–Crippen LogP) is 17.9. The van der Waals surface area contributed by atoms with Gasteiger partial charge in [-0.2, -0.15) is 91.3 Å². The summed E-state index contributed by atoms with van der Waals surface area (Å²) in [6, 6.07) is 41.3. The Morgan fingerprint density at radius 1 is 0.343 bits per heavy atom. The summed E-state index contributed by atoms with van der Waals surface area (Å²) in [5.74, 6) is -6.40. The number of hydrogen-bond acceptors (Lipinski definition) is 20. The Kier molecular flexibility index (Phi) is 31.3. The molecular weight excluding hydrogens is 1830 g/mol. The number of anilines is 5. The van der Waals surface area contributed by atoms with Crippen molar-refractivity contribution in [3.63, 3.8) is 0 Å². The molecule has 16 rings (SSSR count). The highest BCUT2D eigenvalue weighted by molar-refractivity contribution is 6.02. The maximum absolute atomic E-state index is 14.0. The number of nitrogens with one attached hydrogen (secondary N) is 3. The van der Waals surface area contributed by atoms with Gasteiger partial charge in [-0.15, -0.1) is 0 Å². The van der Waals surface area contributed by atoms with Crippen LogP contribution in [0.3, 0.4) is 0 Å². The molecule has 29 nitrogen and oxygen atoms in total. The minimum Gasteiger partial charge on any atom is -0.478 e. The van der Waals surface area contributed by atoms with E-state index in [1.165, 1.54) is 57.6 Å². The molecule has 0 aliphatic carbocycles. The first-order chi connectivity index (χ1) is 64.7. The number of nitrogens with zero attached hydrogens (tertiary/aromatic N) is 14. The zero-order valence-electron chi connectivity index (χ0n) is 75.4. The summed E-state index contributed by atoms with van der Waals surface area (Å²) in [5, 5.41) is 44.7. The maximum atomic E-state index is 14.0. The number of rotatable bonds is 19. The standard InChI is InChI=1S/C26H27F3N4O3.C25H25F3N4O3.C17H18F3N3O2.C16H16F3N3O2.C9H10F3N3O2/c1-16-7-4-5-8-20(16)15-32-13-6-14-33-24(32)21(22(31-33)26(27,28)29)23(34)30-17(2)18-9-11-19(12-10-18)25(35)36-3;1-15-6-3-4-7-19(15)14-31-12-5-13-32-23(31)20(21(30-32)25(26,27)28)22(33)29-16(2)17-8-10-18(11-9-17)24(34)35;1-11-6-3-4-7-12(11)10-22-8-5-9-23-15(22)13(16(24)25-2)14(21-23)17(18,19)20;1-10-5-2-3-6-11(10)9-21-7-4-8-22-14(21)12(15(23)24)13(20-22)16(17,18)19;1-17-8(16)5-6(9(10,11)12)14-15-4-2-3-13-7(5)15/h4-5,7-12,17H,6,13-15H2,1-3H3,(H,30,34);3-4,6-11,16H,5,12-14H2,1-2H3,(H,29,33)(H,34,35);3-4,6-7H,5,8-10H2,1-2H3;2-3,5-6H,4,7-9H2,1H3,(H,23,24);13H,2-4H2,1H3/t17-;16-;;;/m00.../s1. The van der Waals surface area contributed by atoms with E-state index < -0.39 is 141 Å². The summed E-state index contributed by atoms with van der Waals surface area (Å²) >= 11 is 0. The monoisotopic (exact) mass is 1930 g/mol. The lowest BCUT2D eigenvalue weighted by Gasteiger charge is -2.31. The quantitative estimate of drug-likeness (QED) is 0.0285. The number of methoxy groups -OCH3 is 3. The van der Waals surface area contributed by atoms with Crippen LogP contribution >= 0.6 is 0 Å². The summed E-state index contributed by atoms with van der Waals surface area (Å²) in [5.41, 5.74) is 0.571. The molecule has 0 saturated carbocycles. The first-order valence-electron chi connectivity index (χ1n) is 43.1. The SMILES string of the molecule is COC(=O)c1c(C(F)(F)F)nn2c1N(Cc1ccccc1C)CCC2.COC(=O)c1c(C(F)(F)F)nn2c1NCCC2.COC(=O)c1ccc([C@H](C)NC(=O)c2c(C(F)(F)F)nn3c2N(Cc2ccccc2C)CCC3)cc1.Cc1ccccc1CN1CCCn2nc(C(F)(F)F)c(C(=O)N[C@@H](C)c3ccc(C(=O)O)cc3)c21.Cc1ccccc1CN1CCCn2nc(C(F)(F)F)c(C(=O)O)c21. The number of carboxylic acids is 2. The van der Waals surface area contributed by atoms with E-state index >= 15 is 0 Å². The second-order valence-corrected chi connectivity index (χ2v) is 32.7. The van der Waals surface area contributed by atoms with Crippen LogP contribution in [0.1, 0.15) is 215 Å². The molecule has 5 N–H and O–H groups in total. The second kappa shape index (κ2) is 42.3. The first kappa shape index (κ1) is 102. The Morgan fingerprint density at radius 2 is 0.613 bits per heavy atom. The molecule has 6 aromatic carbocycles. The van der Waals surface area contributed by atoms with Gasteiger partial charge in [-0.25, -0.2) is 47.4 Å². The van der Waals surface area contributed by atoms with E-state index in [0.717, 1.165) is 68.1 Å². The molecule has 5 aliphatic heterocycles. The van der Waals surface area contributed by atoms with Crippen LogP contribution in [-0.4, -0.2) is 155 Å². The normalized spacial score (nSPS) is 14.5. The summed E-state index contributed by atoms with van der Waals surface area (Å²) in [4.78, 5) is 91.3. The molecule has 0 unspecified atom stereocenters. The van der Waals surface area contributed by atoms with Crippen LogP contribution in [0.5, 0.6) is 0 Å². The minimum absolute atomic E-state index is 0.0318. The molecular formula is C93H96F15N17O12. The summed E-state index contributed by atoms with van der Waals surface area (Å²) < 4.78 is 221. The van der Waals surface area contributed by atoms with Crippen molar-refractivity contribution in [1.29, 1.82) is 0 Å². The molecule has 10 heterocycles. The van der Waals surface area contributed by atoms with Crippen LogP contribution in [0.15, 0.2) is 146 Å². The Bertz CT molecular complexity index is 6230. The van der Waals surface area contributed by atoms with E-state index in [-0.39, 0.29) is 47.7 Å². The van der Waals surface area contributed by atoms with Crippen molar-refractivity contribution in [3.05, 3.63) is 269 Å². The predicted molar refractivity (Wildman–Crippen MR) is 469 cm³/mol. The van der Waals surface area contributed by atoms with Gasteiger partial charge in [-0.05, 0) is 154 Å². The van der Waals surface area contributed by atoms with E-state index in [2.05, 4.69) is 55.7 Å². The van der Waals surface area contributed by atoms with Crippen molar-refractivity contribution >= 4 is 70.8 Å². The average Bonchev–Trinajstić information content (AvgIpc) is 1.62. The van der Waals surface area contributed by atoms with E-state index in [9.17, 15) is 105 Å². The zero-order valence-corrected chi connectivity index (χ0v) is 75.4. The topological polar surface area (TPSA) is 326 Å². The lowest BCUT2D eigenvalue weighted by atomic mass is 10.0. The number of aryl methyl sites for hydroxylation is 9. The number of ether oxygens (including phenoxy) is 3. The number of aromatic carboxylic acids is 2. The number of halogens is 15. The number of carbonyl (C=O) groups excluding carboxylic acids is 5. The van der Waals surface area contributed by atoms with Gasteiger partial charge in [0.05, 0.1) is 44.5 Å². The lowest BCUT2D eigenvalue weighted by molar-refractivity contribution is -0.142. The fraction of sp³-hybridized carbons (Fsp3) is 0.376. The fourth-order valence-electron chi connectivity index (χ4n) is 16.5. The molecule has 5 aliphatic rings. The van der Waals surface area contributed by atoms with Gasteiger partial charge in [0.25, 0.3) is 11.8 Å². The Balaban J connectivity index is 0.000000157. The van der Waals surface area contributed by atoms with Crippen molar-refractivity contribution < 1.29 is 124 Å². The Morgan fingerprint density at radius 3 is 0.920 bits per heavy atom. The smallest absolute Gasteiger partial charge is 0.436 e. The third-order valence-corrected chi connectivity index (χ3v) is 23.3. The molecule has 0 bridgehead atoms. The molecule has 0 fully saturated rings. The number of esters is 3. The van der Waals surface area contributed by atoms with Crippen molar-refractivity contribution in [2.75, 3.05) is 79.0 Å². The van der Waals surface area contributed by atoms with Crippen LogP contribution in [0, 0.1) is 27.7 Å². The van der Waals surface area contributed by atoms with Crippen molar-refractivity contribution in [2.24, 2.45) is 0 Å². The number of alkyl halides is 15. The molecule has 2 amide bonds. The van der Waals surface area contributed by atoms with Gasteiger partial charge < -0.3 is 60.0 Å². The zero-order chi connectivity index (χ0) is 99.7. The van der Waals surface area contributed by atoms with Crippen LogP contribution < -0.4 is 35.6 Å². The maximum Gasteiger partial charge on any atom is 0.436 e. The van der Waals surface area contributed by atoms with Gasteiger partial charge in [0.1, 0.15) is 56.9 Å². The van der Waals surface area contributed by atoms with Crippen LogP contribution in [0.4, 0.5) is 94.9 Å². The molecule has 2 atom stereocenters. The second-order valence-electron chi connectivity index (χ2n) is 32.7. The number of fused-ring (bicyclic) bond motifs is 5. The molecule has 5 aromatic heterocycles. The molecule has 44 heteroatoms. The fourth-order valence-corrected chi connectivity index (χ4v) is 16.5. The molecule has 730 valence electrons. The van der Waals surface area contributed by atoms with Crippen LogP contribution in [-0.2, 0) is 104 Å². The molecule has 0 radical (unpaired) electrons. The number of aromatic nitrogens is 10. The van der Waals surface area contributed by atoms with Crippen molar-refractivity contribution in [1.82, 2.24) is 59.5 Å². The Labute approximate surface area is 774 Å². The largest absolute Gasteiger partial charge is 0.478 e. The number of carbonyl (C=O) groups is 7. The van der Waals surface area contributed by atoms with Crippen molar-refractivity contribution in [2.45, 2.75) is 176 Å². The van der Waals surface area contributed by atoms with Gasteiger partial charge >= 0.3 is 60.7 Å². The third-order valence-electron chi connectivity index (χ3n) is 23.3. The summed E-state index contributed by atoms with van der Waals surface area (Å²) in [6.45, 7) is 16.5. The molecule has 0 spiro atoms. The molecule has 137 heavy (non-hydrogen) atoms. The first-order valence-corrected chi connectivity index (χ1v) is 43.1. The van der Waals surface area contributed by atoms with E-state index in [1.807, 2.05) is 125 Å². The number of benzene rings is 6. The highest BCUT2D eigenvalue weighted by Gasteiger charge is 2.49. The average molecular weight is 1930 g/mol.